The second kappa shape index (κ2) is 2.96. The molecule has 54 valence electrons. The van der Waals surface area contributed by atoms with Crippen LogP contribution in [0.5, 0.6) is 5.88 Å². The highest BCUT2D eigenvalue weighted by atomic mass is 79.9. The van der Waals surface area contributed by atoms with E-state index in [4.69, 9.17) is 9.60 Å². The summed E-state index contributed by atoms with van der Waals surface area (Å²) >= 11 is 2.86. The molecule has 3 nitrogen and oxygen atoms in total. The van der Waals surface area contributed by atoms with Crippen molar-refractivity contribution in [2.75, 3.05) is 7.04 Å². The van der Waals surface area contributed by atoms with E-state index in [1.54, 1.807) is 0 Å². The van der Waals surface area contributed by atoms with E-state index < -0.39 is 31.8 Å². The van der Waals surface area contributed by atoms with Gasteiger partial charge in [-0.3, -0.25) is 0 Å². The van der Waals surface area contributed by atoms with Crippen LogP contribution < -0.4 is 4.74 Å². The molecule has 0 aromatic carbocycles. The van der Waals surface area contributed by atoms with Crippen LogP contribution in [0.4, 0.5) is 0 Å². The van der Waals surface area contributed by atoms with E-state index in [9.17, 15) is 0 Å². The van der Waals surface area contributed by atoms with Gasteiger partial charge in [0.1, 0.15) is 12.1 Å². The SMILES string of the molecule is [2H]c1nc(OC([2H])([2H])[2H])c(Br)c(C([2H])([2H])[2H])n1. The maximum Gasteiger partial charge on any atom is 0.231 e. The van der Waals surface area contributed by atoms with Crippen LogP contribution >= 0.6 is 15.9 Å². The molecule has 0 amide bonds. The zero-order valence-corrected chi connectivity index (χ0v) is 6.27. The largest absolute Gasteiger partial charge is 0.480 e. The topological polar surface area (TPSA) is 35.0 Å². The van der Waals surface area contributed by atoms with Gasteiger partial charge in [-0.25, -0.2) is 9.97 Å². The van der Waals surface area contributed by atoms with Crippen molar-refractivity contribution >= 4 is 15.9 Å². The van der Waals surface area contributed by atoms with Crippen LogP contribution in [-0.2, 0) is 0 Å². The molecule has 4 heteroatoms. The Labute approximate surface area is 77.4 Å². The second-order valence-corrected chi connectivity index (χ2v) is 2.19. The standard InChI is InChI=1S/C6H7BrN2O/c1-4-5(7)6(10-2)9-3-8-4/h3H,1-2H3/i1D3,2D3,3D. The van der Waals surface area contributed by atoms with Crippen molar-refractivity contribution in [2.45, 2.75) is 6.85 Å². The quantitative estimate of drug-likeness (QED) is 0.705. The van der Waals surface area contributed by atoms with Crippen molar-refractivity contribution in [2.24, 2.45) is 0 Å². The molecule has 1 aromatic rings. The lowest BCUT2D eigenvalue weighted by atomic mass is 10.4. The van der Waals surface area contributed by atoms with Gasteiger partial charge >= 0.3 is 0 Å². The Balaban J connectivity index is 3.29. The lowest BCUT2D eigenvalue weighted by Crippen LogP contribution is -1.92. The summed E-state index contributed by atoms with van der Waals surface area (Å²) in [5, 5.41) is 0. The molecule has 1 rings (SSSR count). The fourth-order valence-electron chi connectivity index (χ4n) is 0.387. The van der Waals surface area contributed by atoms with Gasteiger partial charge in [0.15, 0.2) is 0 Å². The van der Waals surface area contributed by atoms with E-state index in [0.29, 0.717) is 0 Å². The Morgan fingerprint density at radius 2 is 2.70 bits per heavy atom. The Kier molecular flexibility index (Phi) is 0.725. The summed E-state index contributed by atoms with van der Waals surface area (Å²) in [4.78, 5) is 6.83. The molecular formula is C6H7BrN2O. The van der Waals surface area contributed by atoms with Gasteiger partial charge in [0.2, 0.25) is 5.88 Å². The zero-order valence-electron chi connectivity index (χ0n) is 11.7. The van der Waals surface area contributed by atoms with Crippen molar-refractivity contribution in [3.63, 3.8) is 0 Å². The number of nitrogens with zero attached hydrogens (tertiary/aromatic N) is 2. The predicted octanol–water partition coefficient (Wildman–Crippen LogP) is 1.56. The van der Waals surface area contributed by atoms with E-state index in [1.165, 1.54) is 0 Å². The number of hydrogen-bond donors (Lipinski definition) is 0. The Hall–Kier alpha value is -0.640. The minimum atomic E-state index is -2.78. The summed E-state index contributed by atoms with van der Waals surface area (Å²) < 4.78 is 53.7. The number of rotatable bonds is 1. The Morgan fingerprint density at radius 3 is 3.40 bits per heavy atom. The molecular weight excluding hydrogens is 196 g/mol. The average molecular weight is 210 g/mol. The highest BCUT2D eigenvalue weighted by Gasteiger charge is 2.02. The van der Waals surface area contributed by atoms with Crippen molar-refractivity contribution in [3.05, 3.63) is 16.5 Å². The smallest absolute Gasteiger partial charge is 0.231 e. The van der Waals surface area contributed by atoms with Gasteiger partial charge in [-0.2, -0.15) is 0 Å². The molecule has 0 aliphatic carbocycles. The lowest BCUT2D eigenvalue weighted by Gasteiger charge is -2.01. The first-order valence-electron chi connectivity index (χ1n) is 5.74. The molecule has 0 spiro atoms. The van der Waals surface area contributed by atoms with Gasteiger partial charge in [0.25, 0.3) is 0 Å². The van der Waals surface area contributed by atoms with E-state index in [1.807, 2.05) is 0 Å². The highest BCUT2D eigenvalue weighted by molar-refractivity contribution is 9.10. The van der Waals surface area contributed by atoms with E-state index in [-0.39, 0.29) is 4.47 Å². The molecule has 10 heavy (non-hydrogen) atoms. The first kappa shape index (κ1) is 2.44. The number of halogens is 1. The van der Waals surface area contributed by atoms with Crippen molar-refractivity contribution in [1.29, 1.82) is 0 Å². The number of aromatic nitrogens is 2. The third-order valence-corrected chi connectivity index (χ3v) is 1.52. The lowest BCUT2D eigenvalue weighted by molar-refractivity contribution is 0.393. The van der Waals surface area contributed by atoms with Crippen molar-refractivity contribution < 1.29 is 14.3 Å². The molecule has 0 unspecified atom stereocenters. The summed E-state index contributed by atoms with van der Waals surface area (Å²) in [6.45, 7) is -2.59. The molecule has 0 radical (unpaired) electrons. The monoisotopic (exact) mass is 209 g/mol. The molecule has 0 saturated heterocycles. The van der Waals surface area contributed by atoms with Crippen LogP contribution in [0.1, 0.15) is 15.3 Å². The number of methoxy groups -OCH3 is 1. The zero-order chi connectivity index (χ0) is 13.4. The van der Waals surface area contributed by atoms with Gasteiger partial charge in [0.05, 0.1) is 16.8 Å². The van der Waals surface area contributed by atoms with E-state index in [2.05, 4.69) is 30.6 Å². The van der Waals surface area contributed by atoms with Crippen LogP contribution in [0, 0.1) is 6.85 Å². The second-order valence-electron chi connectivity index (χ2n) is 1.39. The minimum absolute atomic E-state index is 0.190. The van der Waals surface area contributed by atoms with Crippen molar-refractivity contribution in [3.8, 4) is 5.88 Å². The Bertz CT molecular complexity index is 430. The average Bonchev–Trinajstić information content (AvgIpc) is 2.06. The summed E-state index contributed by atoms with van der Waals surface area (Å²) in [5.74, 6) is -0.490. The van der Waals surface area contributed by atoms with Gasteiger partial charge in [-0.15, -0.1) is 0 Å². The maximum absolute atomic E-state index is 7.20. The maximum atomic E-state index is 7.20. The third-order valence-electron chi connectivity index (χ3n) is 0.806. The summed E-state index contributed by atoms with van der Waals surface area (Å²) in [7, 11) is -2.78. The van der Waals surface area contributed by atoms with Gasteiger partial charge in [-0.1, -0.05) is 0 Å². The molecule has 1 aromatic heterocycles. The number of ether oxygens (including phenoxy) is 1. The molecule has 0 N–H and O–H groups in total. The van der Waals surface area contributed by atoms with Gasteiger partial charge in [0, 0.05) is 4.11 Å². The minimum Gasteiger partial charge on any atom is -0.480 e. The van der Waals surface area contributed by atoms with Gasteiger partial charge < -0.3 is 4.74 Å². The molecule has 0 fully saturated rings. The number of aryl methyl sites for hydroxylation is 1. The van der Waals surface area contributed by atoms with E-state index in [0.717, 1.165) is 0 Å². The Morgan fingerprint density at radius 1 is 1.80 bits per heavy atom. The highest BCUT2D eigenvalue weighted by Crippen LogP contribution is 2.22. The predicted molar refractivity (Wildman–Crippen MR) is 41.0 cm³/mol. The van der Waals surface area contributed by atoms with Crippen LogP contribution in [0.3, 0.4) is 0 Å². The summed E-state index contributed by atoms with van der Waals surface area (Å²) in [6, 6.07) is 0. The van der Waals surface area contributed by atoms with Crippen LogP contribution in [0.25, 0.3) is 0 Å². The van der Waals surface area contributed by atoms with Crippen LogP contribution in [0.15, 0.2) is 10.8 Å². The fraction of sp³-hybridized carbons (Fsp3) is 0.333. The molecule has 0 atom stereocenters. The number of hydrogen-bond acceptors (Lipinski definition) is 3. The normalized spacial score (nSPS) is 22.3. The summed E-state index contributed by atoms with van der Waals surface area (Å²) in [6.07, 6.45) is -0.626. The molecule has 0 bridgehead atoms. The summed E-state index contributed by atoms with van der Waals surface area (Å²) in [5.41, 5.74) is -0.461. The van der Waals surface area contributed by atoms with Gasteiger partial charge in [-0.05, 0) is 22.8 Å². The van der Waals surface area contributed by atoms with Crippen LogP contribution in [-0.4, -0.2) is 17.0 Å². The molecule has 0 aliphatic rings. The fourth-order valence-corrected chi connectivity index (χ4v) is 0.646. The first-order valence-corrected chi connectivity index (χ1v) is 3.03. The van der Waals surface area contributed by atoms with Crippen LogP contribution in [0.2, 0.25) is 0 Å². The molecule has 1 heterocycles. The van der Waals surface area contributed by atoms with Crippen molar-refractivity contribution in [1.82, 2.24) is 9.97 Å². The third kappa shape index (κ3) is 1.26. The molecule has 0 saturated carbocycles. The molecule has 0 aliphatic heterocycles. The van der Waals surface area contributed by atoms with E-state index >= 15 is 0 Å². The first-order chi connectivity index (χ1) is 7.50.